The Balaban J connectivity index is 1.52. The molecule has 0 saturated carbocycles. The normalized spacial score (nSPS) is 11.8. The van der Waals surface area contributed by atoms with E-state index in [0.29, 0.717) is 11.5 Å². The number of halogens is 1. The van der Waals surface area contributed by atoms with Crippen LogP contribution >= 0.6 is 15.9 Å². The largest absolute Gasteiger partial charge is 0.493 e. The molecule has 1 N–H and O–H groups in total. The predicted octanol–water partition coefficient (Wildman–Crippen LogP) is 5.72. The van der Waals surface area contributed by atoms with Gasteiger partial charge in [-0.1, -0.05) is 28.1 Å². The summed E-state index contributed by atoms with van der Waals surface area (Å²) < 4.78 is 11.9. The lowest BCUT2D eigenvalue weighted by Crippen LogP contribution is -1.98. The van der Waals surface area contributed by atoms with Crippen molar-refractivity contribution in [2.45, 2.75) is 6.42 Å². The van der Waals surface area contributed by atoms with Crippen molar-refractivity contribution in [2.75, 3.05) is 19.5 Å². The van der Waals surface area contributed by atoms with Gasteiger partial charge < -0.3 is 14.8 Å². The number of rotatable bonds is 4. The average Bonchev–Trinajstić information content (AvgIpc) is 3.09. The van der Waals surface area contributed by atoms with Crippen LogP contribution in [0.1, 0.15) is 11.1 Å². The van der Waals surface area contributed by atoms with Crippen molar-refractivity contribution in [2.24, 2.45) is 0 Å². The zero-order valence-electron chi connectivity index (χ0n) is 16.0. The van der Waals surface area contributed by atoms with Gasteiger partial charge in [0.1, 0.15) is 12.1 Å². The molecule has 4 aromatic rings. The van der Waals surface area contributed by atoms with Gasteiger partial charge in [0.05, 0.1) is 19.7 Å². The van der Waals surface area contributed by atoms with Crippen LogP contribution in [0.15, 0.2) is 59.3 Å². The first-order valence-corrected chi connectivity index (χ1v) is 10.0. The zero-order valence-corrected chi connectivity index (χ0v) is 17.6. The Bertz CT molecular complexity index is 1260. The molecule has 29 heavy (non-hydrogen) atoms. The first-order valence-electron chi connectivity index (χ1n) is 9.22. The quantitative estimate of drug-likeness (QED) is 0.381. The maximum atomic E-state index is 5.44. The van der Waals surface area contributed by atoms with Crippen molar-refractivity contribution in [3.8, 4) is 22.6 Å². The first kappa shape index (κ1) is 17.9. The molecule has 5 rings (SSSR count). The van der Waals surface area contributed by atoms with E-state index in [4.69, 9.17) is 9.47 Å². The molecule has 0 radical (unpaired) electrons. The zero-order chi connectivity index (χ0) is 20.0. The topological polar surface area (TPSA) is 56.3 Å². The van der Waals surface area contributed by atoms with E-state index >= 15 is 0 Å². The van der Waals surface area contributed by atoms with Crippen molar-refractivity contribution in [3.05, 3.63) is 70.5 Å². The number of methoxy groups -OCH3 is 2. The maximum absolute atomic E-state index is 5.44. The molecule has 0 fully saturated rings. The summed E-state index contributed by atoms with van der Waals surface area (Å²) in [5.74, 6) is 2.02. The van der Waals surface area contributed by atoms with E-state index in [2.05, 4.69) is 67.6 Å². The molecule has 0 amide bonds. The Morgan fingerprint density at radius 2 is 1.59 bits per heavy atom. The smallest absolute Gasteiger partial charge is 0.162 e. The van der Waals surface area contributed by atoms with E-state index in [1.165, 1.54) is 22.3 Å². The Morgan fingerprint density at radius 1 is 0.862 bits per heavy atom. The summed E-state index contributed by atoms with van der Waals surface area (Å²) in [6.45, 7) is 0. The molecule has 1 aromatic heterocycles. The number of nitrogens with one attached hydrogen (secondary N) is 1. The van der Waals surface area contributed by atoms with Gasteiger partial charge in [0, 0.05) is 21.6 Å². The van der Waals surface area contributed by atoms with Crippen LogP contribution in [-0.2, 0) is 6.42 Å². The summed E-state index contributed by atoms with van der Waals surface area (Å²) in [5.41, 5.74) is 7.02. The van der Waals surface area contributed by atoms with Crippen molar-refractivity contribution in [3.63, 3.8) is 0 Å². The lowest BCUT2D eigenvalue weighted by Gasteiger charge is -2.13. The van der Waals surface area contributed by atoms with Crippen LogP contribution < -0.4 is 14.8 Å². The number of anilines is 2. The monoisotopic (exact) mass is 447 g/mol. The molecule has 0 atom stereocenters. The minimum atomic E-state index is 0.645. The van der Waals surface area contributed by atoms with Crippen LogP contribution in [0, 0.1) is 0 Å². The van der Waals surface area contributed by atoms with Crippen LogP contribution in [0.25, 0.3) is 22.0 Å². The molecule has 1 heterocycles. The second-order valence-electron chi connectivity index (χ2n) is 6.92. The molecular weight excluding hydrogens is 430 g/mol. The Kier molecular flexibility index (Phi) is 4.36. The van der Waals surface area contributed by atoms with Gasteiger partial charge in [0.15, 0.2) is 11.5 Å². The SMILES string of the molecule is COc1cc2ncnc(Nc3ccc4c(c3)Cc3cc(Br)ccc3-4)c2cc1OC. The molecule has 0 bridgehead atoms. The third-order valence-corrected chi connectivity index (χ3v) is 5.74. The molecule has 0 unspecified atom stereocenters. The van der Waals surface area contributed by atoms with E-state index in [1.54, 1.807) is 20.5 Å². The summed E-state index contributed by atoms with van der Waals surface area (Å²) in [4.78, 5) is 8.82. The number of fused-ring (bicyclic) bond motifs is 4. The van der Waals surface area contributed by atoms with Crippen LogP contribution in [-0.4, -0.2) is 24.2 Å². The molecule has 5 nitrogen and oxygen atoms in total. The van der Waals surface area contributed by atoms with Gasteiger partial charge in [-0.15, -0.1) is 0 Å². The minimum absolute atomic E-state index is 0.645. The van der Waals surface area contributed by atoms with Gasteiger partial charge >= 0.3 is 0 Å². The molecule has 3 aromatic carbocycles. The van der Waals surface area contributed by atoms with Gasteiger partial charge in [0.2, 0.25) is 0 Å². The standard InChI is InChI=1S/C23H18BrN3O2/c1-28-21-10-19-20(11-22(21)29-2)25-12-26-23(19)27-16-4-6-18-14(9-16)7-13-8-15(24)3-5-17(13)18/h3-6,8-12H,7H2,1-2H3,(H,25,26,27). The van der Waals surface area contributed by atoms with E-state index < -0.39 is 0 Å². The minimum Gasteiger partial charge on any atom is -0.493 e. The Hall–Kier alpha value is -3.12. The third kappa shape index (κ3) is 3.09. The number of aromatic nitrogens is 2. The highest BCUT2D eigenvalue weighted by Crippen LogP contribution is 2.40. The van der Waals surface area contributed by atoms with Crippen molar-refractivity contribution in [1.29, 1.82) is 0 Å². The van der Waals surface area contributed by atoms with Gasteiger partial charge in [0.25, 0.3) is 0 Å². The fourth-order valence-electron chi connectivity index (χ4n) is 3.88. The van der Waals surface area contributed by atoms with E-state index in [0.717, 1.165) is 33.3 Å². The molecule has 144 valence electrons. The van der Waals surface area contributed by atoms with Gasteiger partial charge in [-0.2, -0.15) is 0 Å². The van der Waals surface area contributed by atoms with Gasteiger partial charge in [-0.05, 0) is 59.0 Å². The number of hydrogen-bond acceptors (Lipinski definition) is 5. The predicted molar refractivity (Wildman–Crippen MR) is 118 cm³/mol. The Morgan fingerprint density at radius 3 is 2.38 bits per heavy atom. The fraction of sp³-hybridized carbons (Fsp3) is 0.130. The summed E-state index contributed by atoms with van der Waals surface area (Å²) in [6.07, 6.45) is 2.48. The second kappa shape index (κ2) is 7.04. The lowest BCUT2D eigenvalue weighted by molar-refractivity contribution is 0.356. The van der Waals surface area contributed by atoms with Crippen molar-refractivity contribution < 1.29 is 9.47 Å². The highest BCUT2D eigenvalue weighted by molar-refractivity contribution is 9.10. The third-order valence-electron chi connectivity index (χ3n) is 5.25. The van der Waals surface area contributed by atoms with E-state index in [1.807, 2.05) is 12.1 Å². The summed E-state index contributed by atoms with van der Waals surface area (Å²) in [7, 11) is 3.24. The van der Waals surface area contributed by atoms with Gasteiger partial charge in [-0.3, -0.25) is 0 Å². The number of hydrogen-bond donors (Lipinski definition) is 1. The number of nitrogens with zero attached hydrogens (tertiary/aromatic N) is 2. The summed E-state index contributed by atoms with van der Waals surface area (Å²) in [5, 5.41) is 4.32. The number of ether oxygens (including phenoxy) is 2. The van der Waals surface area contributed by atoms with E-state index in [-0.39, 0.29) is 0 Å². The molecule has 0 aliphatic heterocycles. The molecule has 0 saturated heterocycles. The molecular formula is C23H18BrN3O2. The molecule has 0 spiro atoms. The molecule has 1 aliphatic carbocycles. The summed E-state index contributed by atoms with van der Waals surface area (Å²) in [6, 6.07) is 16.7. The highest BCUT2D eigenvalue weighted by Gasteiger charge is 2.19. The highest BCUT2D eigenvalue weighted by atomic mass is 79.9. The average molecular weight is 448 g/mol. The van der Waals surface area contributed by atoms with Gasteiger partial charge in [-0.25, -0.2) is 9.97 Å². The molecule has 1 aliphatic rings. The van der Waals surface area contributed by atoms with Crippen LogP contribution in [0.4, 0.5) is 11.5 Å². The van der Waals surface area contributed by atoms with Crippen molar-refractivity contribution in [1.82, 2.24) is 9.97 Å². The second-order valence-corrected chi connectivity index (χ2v) is 7.84. The Labute approximate surface area is 176 Å². The lowest BCUT2D eigenvalue weighted by atomic mass is 10.1. The van der Waals surface area contributed by atoms with Crippen molar-refractivity contribution >= 4 is 38.3 Å². The van der Waals surface area contributed by atoms with Crippen LogP contribution in [0.2, 0.25) is 0 Å². The first-order chi connectivity index (χ1) is 14.2. The van der Waals surface area contributed by atoms with E-state index in [9.17, 15) is 0 Å². The molecule has 6 heteroatoms. The van der Waals surface area contributed by atoms with Crippen LogP contribution in [0.5, 0.6) is 11.5 Å². The summed E-state index contributed by atoms with van der Waals surface area (Å²) >= 11 is 3.57. The number of benzene rings is 3. The fourth-order valence-corrected chi connectivity index (χ4v) is 4.28. The maximum Gasteiger partial charge on any atom is 0.162 e. The van der Waals surface area contributed by atoms with Crippen LogP contribution in [0.3, 0.4) is 0 Å².